The monoisotopic (exact) mass is 356 g/mol. The Balaban J connectivity index is 1.92. The van der Waals surface area contributed by atoms with Gasteiger partial charge in [0.05, 0.1) is 13.3 Å². The Kier molecular flexibility index (Phi) is 5.18. The molecule has 0 amide bonds. The minimum atomic E-state index is -0.365. The first-order valence-electron chi connectivity index (χ1n) is 8.09. The van der Waals surface area contributed by atoms with Crippen molar-refractivity contribution in [3.05, 3.63) is 54.3 Å². The van der Waals surface area contributed by atoms with Crippen LogP contribution in [0.4, 0.5) is 4.39 Å². The zero-order chi connectivity index (χ0) is 18.7. The number of pyridine rings is 1. The third-order valence-corrected chi connectivity index (χ3v) is 3.93. The fraction of sp³-hybridized carbons (Fsp3) is 0.263. The number of rotatable bonds is 5. The van der Waals surface area contributed by atoms with Gasteiger partial charge in [-0.15, -0.1) is 0 Å². The van der Waals surface area contributed by atoms with Crippen LogP contribution in [0.3, 0.4) is 0 Å². The Labute approximate surface area is 152 Å². The number of ether oxygens (including phenoxy) is 2. The van der Waals surface area contributed by atoms with Gasteiger partial charge in [0.1, 0.15) is 11.6 Å². The van der Waals surface area contributed by atoms with Crippen LogP contribution >= 0.6 is 0 Å². The van der Waals surface area contributed by atoms with E-state index in [1.807, 2.05) is 43.2 Å². The van der Waals surface area contributed by atoms with Gasteiger partial charge in [-0.2, -0.15) is 0 Å². The molecule has 6 nitrogen and oxygen atoms in total. The lowest BCUT2D eigenvalue weighted by atomic mass is 10.1. The van der Waals surface area contributed by atoms with Gasteiger partial charge in [0.2, 0.25) is 5.88 Å². The van der Waals surface area contributed by atoms with Crippen LogP contribution in [-0.2, 0) is 0 Å². The minimum absolute atomic E-state index is 0.0808. The summed E-state index contributed by atoms with van der Waals surface area (Å²) in [5.74, 6) is 1.01. The van der Waals surface area contributed by atoms with Crippen molar-refractivity contribution in [3.63, 3.8) is 0 Å². The van der Waals surface area contributed by atoms with Crippen molar-refractivity contribution in [2.75, 3.05) is 28.3 Å². The Hall–Kier alpha value is -2.93. The van der Waals surface area contributed by atoms with E-state index in [9.17, 15) is 4.39 Å². The molecule has 136 valence electrons. The van der Waals surface area contributed by atoms with Crippen LogP contribution in [0.25, 0.3) is 11.1 Å². The maximum Gasteiger partial charge on any atom is 0.227 e. The second-order valence-electron chi connectivity index (χ2n) is 6.09. The Bertz CT molecular complexity index is 851. The van der Waals surface area contributed by atoms with E-state index in [4.69, 9.17) is 9.47 Å². The first-order chi connectivity index (χ1) is 12.5. The summed E-state index contributed by atoms with van der Waals surface area (Å²) < 4.78 is 24.8. The zero-order valence-corrected chi connectivity index (χ0v) is 15.2. The summed E-state index contributed by atoms with van der Waals surface area (Å²) in [6.45, 7) is 0. The van der Waals surface area contributed by atoms with E-state index in [1.54, 1.807) is 24.5 Å². The van der Waals surface area contributed by atoms with Gasteiger partial charge in [-0.25, -0.2) is 14.4 Å². The molecule has 1 aliphatic heterocycles. The lowest BCUT2D eigenvalue weighted by Crippen LogP contribution is -2.40. The molecule has 2 heterocycles. The molecule has 0 N–H and O–H groups in total. The van der Waals surface area contributed by atoms with Gasteiger partial charge in [-0.3, -0.25) is 4.90 Å². The molecule has 0 fully saturated rings. The van der Waals surface area contributed by atoms with Crippen molar-refractivity contribution in [2.45, 2.75) is 6.29 Å². The van der Waals surface area contributed by atoms with Crippen LogP contribution in [0, 0.1) is 5.82 Å². The third kappa shape index (κ3) is 3.67. The molecule has 1 atom stereocenters. The van der Waals surface area contributed by atoms with E-state index in [1.165, 1.54) is 19.2 Å². The second kappa shape index (κ2) is 7.53. The number of halogens is 1. The molecule has 0 saturated heterocycles. The van der Waals surface area contributed by atoms with Crippen LogP contribution < -0.4 is 9.47 Å². The van der Waals surface area contributed by atoms with Crippen LogP contribution in [-0.4, -0.2) is 55.5 Å². The number of aromatic nitrogens is 1. The van der Waals surface area contributed by atoms with E-state index < -0.39 is 0 Å². The molecule has 2 aromatic rings. The summed E-state index contributed by atoms with van der Waals surface area (Å²) in [6, 6.07) is 8.01. The highest BCUT2D eigenvalue weighted by Gasteiger charge is 2.19. The van der Waals surface area contributed by atoms with E-state index in [0.29, 0.717) is 28.5 Å². The van der Waals surface area contributed by atoms with Crippen LogP contribution in [0.5, 0.6) is 11.6 Å². The van der Waals surface area contributed by atoms with E-state index in [-0.39, 0.29) is 12.1 Å². The molecule has 0 spiro atoms. The molecule has 0 saturated carbocycles. The molecule has 1 aromatic carbocycles. The van der Waals surface area contributed by atoms with Gasteiger partial charge in [0.15, 0.2) is 12.0 Å². The summed E-state index contributed by atoms with van der Waals surface area (Å²) in [7, 11) is 7.33. The molecule has 1 aliphatic rings. The van der Waals surface area contributed by atoms with Crippen LogP contribution in [0.15, 0.2) is 53.5 Å². The highest BCUT2D eigenvalue weighted by molar-refractivity contribution is 5.79. The van der Waals surface area contributed by atoms with E-state index in [2.05, 4.69) is 9.98 Å². The molecule has 26 heavy (non-hydrogen) atoms. The standard InChI is InChI=1S/C19H21FN4O2/c1-23(2)19-22-11-14(12-24(19)3)26-18-16(6-5-9-21-18)15-8-7-13(20)10-17(15)25-4/h5-12,19H,1-4H3. The van der Waals surface area contributed by atoms with Crippen molar-refractivity contribution in [3.8, 4) is 22.8 Å². The van der Waals surface area contributed by atoms with E-state index in [0.717, 1.165) is 0 Å². The minimum Gasteiger partial charge on any atom is -0.496 e. The molecular formula is C19H21FN4O2. The number of methoxy groups -OCH3 is 1. The van der Waals surface area contributed by atoms with Crippen LogP contribution in [0.1, 0.15) is 0 Å². The number of hydrogen-bond donors (Lipinski definition) is 0. The zero-order valence-electron chi connectivity index (χ0n) is 15.2. The maximum atomic E-state index is 13.5. The lowest BCUT2D eigenvalue weighted by molar-refractivity contribution is 0.150. The Morgan fingerprint density at radius 2 is 2.00 bits per heavy atom. The number of nitrogens with zero attached hydrogens (tertiary/aromatic N) is 4. The molecule has 3 rings (SSSR count). The molecule has 7 heteroatoms. The summed E-state index contributed by atoms with van der Waals surface area (Å²) in [6.07, 6.45) is 5.09. The van der Waals surface area contributed by atoms with Gasteiger partial charge in [0.25, 0.3) is 0 Å². The van der Waals surface area contributed by atoms with Crippen molar-refractivity contribution in [1.82, 2.24) is 14.8 Å². The third-order valence-electron chi connectivity index (χ3n) is 3.93. The predicted octanol–water partition coefficient (Wildman–Crippen LogP) is 2.98. The van der Waals surface area contributed by atoms with Gasteiger partial charge in [-0.05, 0) is 38.4 Å². The molecule has 0 radical (unpaired) electrons. The van der Waals surface area contributed by atoms with Crippen LogP contribution in [0.2, 0.25) is 0 Å². The van der Waals surface area contributed by atoms with Gasteiger partial charge in [-0.1, -0.05) is 0 Å². The summed E-state index contributed by atoms with van der Waals surface area (Å²) >= 11 is 0. The molecule has 0 aliphatic carbocycles. The normalized spacial score (nSPS) is 16.6. The lowest BCUT2D eigenvalue weighted by Gasteiger charge is -2.31. The first kappa shape index (κ1) is 17.9. The topological polar surface area (TPSA) is 50.2 Å². The number of aliphatic imine (C=N–C) groups is 1. The average Bonchev–Trinajstić information content (AvgIpc) is 2.62. The number of hydrogen-bond acceptors (Lipinski definition) is 6. The summed E-state index contributed by atoms with van der Waals surface area (Å²) in [4.78, 5) is 12.7. The smallest absolute Gasteiger partial charge is 0.227 e. The number of allylic oxidation sites excluding steroid dienone is 1. The van der Waals surface area contributed by atoms with Crippen molar-refractivity contribution < 1.29 is 13.9 Å². The van der Waals surface area contributed by atoms with Crippen molar-refractivity contribution in [2.24, 2.45) is 4.99 Å². The first-order valence-corrected chi connectivity index (χ1v) is 8.09. The summed E-state index contributed by atoms with van der Waals surface area (Å²) in [5, 5.41) is 0. The maximum absolute atomic E-state index is 13.5. The van der Waals surface area contributed by atoms with Gasteiger partial charge < -0.3 is 14.4 Å². The largest absolute Gasteiger partial charge is 0.496 e. The van der Waals surface area contributed by atoms with Crippen molar-refractivity contribution in [1.29, 1.82) is 0 Å². The Morgan fingerprint density at radius 3 is 2.69 bits per heavy atom. The fourth-order valence-corrected chi connectivity index (χ4v) is 2.77. The SMILES string of the molecule is COc1cc(F)ccc1-c1cccnc1OC1=CN(C)C(N(C)C)N=C1. The molecular weight excluding hydrogens is 335 g/mol. The Morgan fingerprint density at radius 1 is 1.19 bits per heavy atom. The quantitative estimate of drug-likeness (QED) is 0.824. The van der Waals surface area contributed by atoms with Gasteiger partial charge >= 0.3 is 0 Å². The fourth-order valence-electron chi connectivity index (χ4n) is 2.77. The average molecular weight is 356 g/mol. The highest BCUT2D eigenvalue weighted by atomic mass is 19.1. The van der Waals surface area contributed by atoms with E-state index >= 15 is 0 Å². The summed E-state index contributed by atoms with van der Waals surface area (Å²) in [5.41, 5.74) is 1.40. The highest BCUT2D eigenvalue weighted by Crippen LogP contribution is 2.36. The molecule has 0 bridgehead atoms. The molecule has 1 aromatic heterocycles. The van der Waals surface area contributed by atoms with Gasteiger partial charge in [0, 0.05) is 36.6 Å². The van der Waals surface area contributed by atoms with Crippen molar-refractivity contribution >= 4 is 6.21 Å². The predicted molar refractivity (Wildman–Crippen MR) is 98.6 cm³/mol. The molecule has 1 unspecified atom stereocenters. The second-order valence-corrected chi connectivity index (χ2v) is 6.09. The number of benzene rings is 1.